The van der Waals surface area contributed by atoms with Crippen LogP contribution in [0.15, 0.2) is 42.5 Å². The van der Waals surface area contributed by atoms with Gasteiger partial charge < -0.3 is 10.2 Å². The Morgan fingerprint density at radius 2 is 1.88 bits per heavy atom. The van der Waals surface area contributed by atoms with Gasteiger partial charge in [-0.05, 0) is 61.7 Å². The lowest BCUT2D eigenvalue weighted by atomic mass is 10.1. The number of carbonyl (C=O) groups excluding carboxylic acids is 2. The van der Waals surface area contributed by atoms with Gasteiger partial charge in [-0.2, -0.15) is 0 Å². The SMILES string of the molecule is Cc1c(Cl)cccc1NC(=O)c1ccc(N2CCCCC2=O)cc1. The van der Waals surface area contributed by atoms with Gasteiger partial charge in [0.1, 0.15) is 0 Å². The number of carbonyl (C=O) groups is 2. The first-order valence-electron chi connectivity index (χ1n) is 8.03. The maximum Gasteiger partial charge on any atom is 0.255 e. The van der Waals surface area contributed by atoms with Gasteiger partial charge in [-0.25, -0.2) is 0 Å². The summed E-state index contributed by atoms with van der Waals surface area (Å²) >= 11 is 6.08. The monoisotopic (exact) mass is 342 g/mol. The number of halogens is 1. The summed E-state index contributed by atoms with van der Waals surface area (Å²) in [6.45, 7) is 2.61. The van der Waals surface area contributed by atoms with Crippen LogP contribution in [0.2, 0.25) is 5.02 Å². The van der Waals surface area contributed by atoms with Gasteiger partial charge in [0.05, 0.1) is 0 Å². The molecule has 3 rings (SSSR count). The van der Waals surface area contributed by atoms with E-state index in [9.17, 15) is 9.59 Å². The molecule has 124 valence electrons. The second-order valence-electron chi connectivity index (χ2n) is 5.92. The minimum absolute atomic E-state index is 0.146. The molecule has 1 N–H and O–H groups in total. The van der Waals surface area contributed by atoms with E-state index in [2.05, 4.69) is 5.32 Å². The summed E-state index contributed by atoms with van der Waals surface area (Å²) < 4.78 is 0. The van der Waals surface area contributed by atoms with E-state index in [4.69, 9.17) is 11.6 Å². The Morgan fingerprint density at radius 3 is 2.58 bits per heavy atom. The Balaban J connectivity index is 1.74. The molecule has 0 aromatic heterocycles. The fourth-order valence-electron chi connectivity index (χ4n) is 2.81. The molecule has 1 aliphatic rings. The molecule has 5 heteroatoms. The van der Waals surface area contributed by atoms with Gasteiger partial charge in [0.25, 0.3) is 5.91 Å². The fraction of sp³-hybridized carbons (Fsp3) is 0.263. The lowest BCUT2D eigenvalue weighted by molar-refractivity contribution is -0.119. The zero-order valence-corrected chi connectivity index (χ0v) is 14.3. The number of nitrogens with zero attached hydrogens (tertiary/aromatic N) is 1. The van der Waals surface area contributed by atoms with Gasteiger partial charge in [0.2, 0.25) is 5.91 Å². The second kappa shape index (κ2) is 7.05. The summed E-state index contributed by atoms with van der Waals surface area (Å²) in [6, 6.07) is 12.5. The number of rotatable bonds is 3. The van der Waals surface area contributed by atoms with E-state index >= 15 is 0 Å². The highest BCUT2D eigenvalue weighted by Crippen LogP contribution is 2.24. The van der Waals surface area contributed by atoms with Gasteiger partial charge >= 0.3 is 0 Å². The van der Waals surface area contributed by atoms with Crippen molar-refractivity contribution in [3.63, 3.8) is 0 Å². The predicted octanol–water partition coefficient (Wildman–Crippen LogP) is 4.42. The molecule has 0 unspecified atom stereocenters. The van der Waals surface area contributed by atoms with Crippen molar-refractivity contribution in [2.24, 2.45) is 0 Å². The third-order valence-electron chi connectivity index (χ3n) is 4.28. The standard InChI is InChI=1S/C19H19ClN2O2/c1-13-16(20)5-4-6-17(13)21-19(24)14-8-10-15(11-9-14)22-12-3-2-7-18(22)23/h4-6,8-11H,2-3,7,12H2,1H3,(H,21,24). The quantitative estimate of drug-likeness (QED) is 0.897. The third kappa shape index (κ3) is 3.44. The molecule has 1 heterocycles. The zero-order chi connectivity index (χ0) is 17.1. The van der Waals surface area contributed by atoms with Crippen LogP contribution in [-0.2, 0) is 4.79 Å². The first kappa shape index (κ1) is 16.5. The highest BCUT2D eigenvalue weighted by molar-refractivity contribution is 6.31. The number of benzene rings is 2. The lowest BCUT2D eigenvalue weighted by Gasteiger charge is -2.26. The van der Waals surface area contributed by atoms with Crippen molar-refractivity contribution in [2.75, 3.05) is 16.8 Å². The molecule has 2 amide bonds. The highest BCUT2D eigenvalue weighted by atomic mass is 35.5. The molecule has 0 aliphatic carbocycles. The molecular formula is C19H19ClN2O2. The van der Waals surface area contributed by atoms with E-state index < -0.39 is 0 Å². The van der Waals surface area contributed by atoms with Crippen molar-refractivity contribution in [2.45, 2.75) is 26.2 Å². The molecule has 0 radical (unpaired) electrons. The van der Waals surface area contributed by atoms with Crippen molar-refractivity contribution in [1.82, 2.24) is 0 Å². The lowest BCUT2D eigenvalue weighted by Crippen LogP contribution is -2.35. The van der Waals surface area contributed by atoms with Crippen molar-refractivity contribution >= 4 is 34.8 Å². The molecule has 1 fully saturated rings. The zero-order valence-electron chi connectivity index (χ0n) is 13.5. The van der Waals surface area contributed by atoms with Crippen LogP contribution in [0.3, 0.4) is 0 Å². The van der Waals surface area contributed by atoms with Gasteiger partial charge in [-0.1, -0.05) is 17.7 Å². The van der Waals surface area contributed by atoms with E-state index in [1.165, 1.54) is 0 Å². The topological polar surface area (TPSA) is 49.4 Å². The Morgan fingerprint density at radius 1 is 1.12 bits per heavy atom. The number of nitrogens with one attached hydrogen (secondary N) is 1. The maximum absolute atomic E-state index is 12.4. The number of hydrogen-bond donors (Lipinski definition) is 1. The van der Waals surface area contributed by atoms with Gasteiger partial charge in [0, 0.05) is 34.9 Å². The Kier molecular flexibility index (Phi) is 4.86. The normalized spacial score (nSPS) is 14.6. The molecule has 1 aliphatic heterocycles. The molecule has 2 aromatic carbocycles. The van der Waals surface area contributed by atoms with E-state index in [1.54, 1.807) is 29.2 Å². The molecule has 0 saturated carbocycles. The molecule has 0 atom stereocenters. The fourth-order valence-corrected chi connectivity index (χ4v) is 2.98. The molecule has 1 saturated heterocycles. The van der Waals surface area contributed by atoms with Crippen LogP contribution in [0.5, 0.6) is 0 Å². The molecule has 2 aromatic rings. The summed E-state index contributed by atoms with van der Waals surface area (Å²) in [5, 5.41) is 3.49. The second-order valence-corrected chi connectivity index (χ2v) is 6.32. The van der Waals surface area contributed by atoms with Crippen LogP contribution in [0, 0.1) is 6.92 Å². The summed E-state index contributed by atoms with van der Waals surface area (Å²) in [7, 11) is 0. The predicted molar refractivity (Wildman–Crippen MR) is 96.8 cm³/mol. The van der Waals surface area contributed by atoms with Crippen LogP contribution in [0.1, 0.15) is 35.2 Å². The van der Waals surface area contributed by atoms with Gasteiger partial charge in [-0.15, -0.1) is 0 Å². The highest BCUT2D eigenvalue weighted by Gasteiger charge is 2.19. The average Bonchev–Trinajstić information content (AvgIpc) is 2.59. The van der Waals surface area contributed by atoms with E-state index in [-0.39, 0.29) is 11.8 Å². The van der Waals surface area contributed by atoms with E-state index in [0.717, 1.165) is 30.6 Å². The first-order chi connectivity index (χ1) is 11.6. The summed E-state index contributed by atoms with van der Waals surface area (Å²) in [5.74, 6) is -0.0510. The number of amides is 2. The molecule has 0 spiro atoms. The molecular weight excluding hydrogens is 324 g/mol. The van der Waals surface area contributed by atoms with Crippen LogP contribution < -0.4 is 10.2 Å². The van der Waals surface area contributed by atoms with Crippen molar-refractivity contribution < 1.29 is 9.59 Å². The van der Waals surface area contributed by atoms with Crippen LogP contribution in [-0.4, -0.2) is 18.4 Å². The van der Waals surface area contributed by atoms with Crippen molar-refractivity contribution in [3.05, 3.63) is 58.6 Å². The molecule has 0 bridgehead atoms. The van der Waals surface area contributed by atoms with E-state index in [1.807, 2.05) is 25.1 Å². The third-order valence-corrected chi connectivity index (χ3v) is 4.69. The van der Waals surface area contributed by atoms with Gasteiger partial charge in [-0.3, -0.25) is 9.59 Å². The Bertz CT molecular complexity index is 771. The Labute approximate surface area is 146 Å². The number of hydrogen-bond acceptors (Lipinski definition) is 2. The minimum Gasteiger partial charge on any atom is -0.322 e. The first-order valence-corrected chi connectivity index (χ1v) is 8.41. The largest absolute Gasteiger partial charge is 0.322 e. The maximum atomic E-state index is 12.4. The molecule has 4 nitrogen and oxygen atoms in total. The van der Waals surface area contributed by atoms with Crippen molar-refractivity contribution in [3.8, 4) is 0 Å². The molecule has 24 heavy (non-hydrogen) atoms. The van der Waals surface area contributed by atoms with Crippen LogP contribution in [0.4, 0.5) is 11.4 Å². The van der Waals surface area contributed by atoms with Crippen LogP contribution in [0.25, 0.3) is 0 Å². The van der Waals surface area contributed by atoms with Gasteiger partial charge in [0.15, 0.2) is 0 Å². The smallest absolute Gasteiger partial charge is 0.255 e. The van der Waals surface area contributed by atoms with Crippen molar-refractivity contribution in [1.29, 1.82) is 0 Å². The summed E-state index contributed by atoms with van der Waals surface area (Å²) in [5.41, 5.74) is 2.92. The van der Waals surface area contributed by atoms with E-state index in [0.29, 0.717) is 22.7 Å². The Hall–Kier alpha value is -2.33. The number of piperidine rings is 1. The summed E-state index contributed by atoms with van der Waals surface area (Å²) in [6.07, 6.45) is 2.56. The van der Waals surface area contributed by atoms with Crippen LogP contribution >= 0.6 is 11.6 Å². The average molecular weight is 343 g/mol. The summed E-state index contributed by atoms with van der Waals surface area (Å²) in [4.78, 5) is 26.1. The number of anilines is 2. The minimum atomic E-state index is -0.197.